The number of methoxy groups -OCH3 is 2. The first-order chi connectivity index (χ1) is 15.0. The minimum absolute atomic E-state index is 0. The van der Waals surface area contributed by atoms with Gasteiger partial charge in [-0.3, -0.25) is 10.3 Å². The Labute approximate surface area is 210 Å². The number of carbonyl (C=O) groups is 1. The molecule has 0 saturated carbocycles. The maximum Gasteiger partial charge on any atom is 0.411 e. The van der Waals surface area contributed by atoms with E-state index in [0.29, 0.717) is 17.3 Å². The number of halogens is 2. The zero-order valence-corrected chi connectivity index (χ0v) is 21.4. The zero-order valence-electron chi connectivity index (χ0n) is 18.4. The predicted octanol–water partition coefficient (Wildman–Crippen LogP) is 4.09. The fourth-order valence-corrected chi connectivity index (χ4v) is 3.62. The highest BCUT2D eigenvalue weighted by atomic mass is 127. The summed E-state index contributed by atoms with van der Waals surface area (Å²) in [5, 5.41) is 10.1. The maximum absolute atomic E-state index is 11.3. The summed E-state index contributed by atoms with van der Waals surface area (Å²) in [6.45, 7) is 2.34. The molecule has 1 fully saturated rings. The number of hydrogen-bond acceptors (Lipinski definition) is 5. The number of carbonyl (C=O) groups excluding carboxylic acids is 1. The number of amides is 1. The van der Waals surface area contributed by atoms with Crippen LogP contribution in [0.3, 0.4) is 0 Å². The highest BCUT2D eigenvalue weighted by molar-refractivity contribution is 14.0. The molecule has 2 aromatic carbocycles. The molecule has 3 N–H and O–H groups in total. The van der Waals surface area contributed by atoms with Crippen molar-refractivity contribution in [1.29, 1.82) is 0 Å². The lowest BCUT2D eigenvalue weighted by atomic mass is 10.2. The van der Waals surface area contributed by atoms with Gasteiger partial charge in [-0.05, 0) is 42.3 Å². The van der Waals surface area contributed by atoms with Crippen LogP contribution < -0.4 is 25.6 Å². The highest BCUT2D eigenvalue weighted by Crippen LogP contribution is 2.33. The van der Waals surface area contributed by atoms with E-state index in [0.717, 1.165) is 42.5 Å². The van der Waals surface area contributed by atoms with Crippen molar-refractivity contribution < 1.29 is 14.3 Å². The lowest BCUT2D eigenvalue weighted by Crippen LogP contribution is -2.44. The van der Waals surface area contributed by atoms with Gasteiger partial charge in [-0.2, -0.15) is 0 Å². The Balaban J connectivity index is 0.00000363. The van der Waals surface area contributed by atoms with Crippen LogP contribution in [0, 0.1) is 0 Å². The van der Waals surface area contributed by atoms with E-state index in [1.807, 2.05) is 42.5 Å². The third kappa shape index (κ3) is 7.06. The molecule has 1 heterocycles. The van der Waals surface area contributed by atoms with Crippen LogP contribution in [-0.2, 0) is 11.3 Å². The third-order valence-electron chi connectivity index (χ3n) is 5.08. The van der Waals surface area contributed by atoms with Crippen molar-refractivity contribution in [1.82, 2.24) is 10.6 Å². The van der Waals surface area contributed by atoms with Crippen molar-refractivity contribution in [3.63, 3.8) is 0 Å². The standard InChI is InChI=1S/C22H28ClN5O3.HI/c1-24-21(25-13-15-4-7-17(8-5-15)27-22(29)31-3)26-18-10-11-28(14-18)19-12-16(23)6-9-20(19)30-2;/h4-9,12,18H,10-11,13-14H2,1-3H3,(H,27,29)(H2,24,25,26);1H. The number of ether oxygens (including phenoxy) is 2. The largest absolute Gasteiger partial charge is 0.495 e. The number of anilines is 2. The van der Waals surface area contributed by atoms with Crippen LogP contribution in [0.25, 0.3) is 0 Å². The van der Waals surface area contributed by atoms with Crippen LogP contribution in [0.5, 0.6) is 5.75 Å². The third-order valence-corrected chi connectivity index (χ3v) is 5.32. The summed E-state index contributed by atoms with van der Waals surface area (Å²) in [6.07, 6.45) is 0.487. The van der Waals surface area contributed by atoms with Crippen LogP contribution in [0.4, 0.5) is 16.2 Å². The number of nitrogens with one attached hydrogen (secondary N) is 3. The topological polar surface area (TPSA) is 87.2 Å². The van der Waals surface area contributed by atoms with Gasteiger partial charge in [-0.15, -0.1) is 24.0 Å². The van der Waals surface area contributed by atoms with Crippen molar-refractivity contribution in [2.24, 2.45) is 4.99 Å². The molecule has 0 spiro atoms. The van der Waals surface area contributed by atoms with E-state index < -0.39 is 6.09 Å². The molecule has 1 aliphatic rings. The van der Waals surface area contributed by atoms with Crippen molar-refractivity contribution >= 4 is 59.0 Å². The normalized spacial score (nSPS) is 15.6. The lowest BCUT2D eigenvalue weighted by Gasteiger charge is -2.22. The van der Waals surface area contributed by atoms with Gasteiger partial charge in [-0.1, -0.05) is 23.7 Å². The number of benzene rings is 2. The molecule has 1 saturated heterocycles. The SMILES string of the molecule is CN=C(NCc1ccc(NC(=O)OC)cc1)NC1CCN(c2cc(Cl)ccc2OC)C1.I. The predicted molar refractivity (Wildman–Crippen MR) is 140 cm³/mol. The summed E-state index contributed by atoms with van der Waals surface area (Å²) in [5.41, 5.74) is 2.75. The second kappa shape index (κ2) is 12.6. The van der Waals surface area contributed by atoms with Crippen LogP contribution in [0.2, 0.25) is 5.02 Å². The second-order valence-corrected chi connectivity index (χ2v) is 7.57. The molecule has 0 radical (unpaired) electrons. The van der Waals surface area contributed by atoms with Gasteiger partial charge in [0.05, 0.1) is 19.9 Å². The zero-order chi connectivity index (χ0) is 22.2. The molecular weight excluding hydrogens is 545 g/mol. The summed E-state index contributed by atoms with van der Waals surface area (Å²) in [6, 6.07) is 13.5. The highest BCUT2D eigenvalue weighted by Gasteiger charge is 2.25. The minimum atomic E-state index is -0.489. The first-order valence-electron chi connectivity index (χ1n) is 10.0. The molecule has 8 nitrogen and oxygen atoms in total. The van der Waals surface area contributed by atoms with Crippen LogP contribution >= 0.6 is 35.6 Å². The Morgan fingerprint density at radius 1 is 1.22 bits per heavy atom. The molecule has 32 heavy (non-hydrogen) atoms. The van der Waals surface area contributed by atoms with Crippen molar-refractivity contribution in [2.45, 2.75) is 19.0 Å². The van der Waals surface area contributed by atoms with Gasteiger partial charge in [0.15, 0.2) is 5.96 Å². The van der Waals surface area contributed by atoms with Gasteiger partial charge in [0.25, 0.3) is 0 Å². The summed E-state index contributed by atoms with van der Waals surface area (Å²) in [7, 11) is 4.76. The van der Waals surface area contributed by atoms with Crippen LogP contribution in [0.15, 0.2) is 47.5 Å². The second-order valence-electron chi connectivity index (χ2n) is 7.13. The quantitative estimate of drug-likeness (QED) is 0.274. The van der Waals surface area contributed by atoms with Crippen LogP contribution in [-0.4, -0.2) is 52.5 Å². The van der Waals surface area contributed by atoms with E-state index in [-0.39, 0.29) is 30.0 Å². The molecular formula is C22H29ClIN5O3. The molecule has 1 amide bonds. The molecule has 0 aliphatic carbocycles. The Hall–Kier alpha value is -2.40. The van der Waals surface area contributed by atoms with Gasteiger partial charge >= 0.3 is 6.09 Å². The van der Waals surface area contributed by atoms with E-state index in [9.17, 15) is 4.79 Å². The molecule has 0 bridgehead atoms. The molecule has 2 aromatic rings. The Bertz CT molecular complexity index is 926. The van der Waals surface area contributed by atoms with E-state index in [1.54, 1.807) is 14.2 Å². The molecule has 174 valence electrons. The average Bonchev–Trinajstić information content (AvgIpc) is 3.25. The Kier molecular flexibility index (Phi) is 10.2. The number of rotatable bonds is 6. The Morgan fingerprint density at radius 2 is 1.97 bits per heavy atom. The Morgan fingerprint density at radius 3 is 2.62 bits per heavy atom. The molecule has 0 aromatic heterocycles. The van der Waals surface area contributed by atoms with Gasteiger partial charge in [0.2, 0.25) is 0 Å². The van der Waals surface area contributed by atoms with Gasteiger partial charge in [-0.25, -0.2) is 4.79 Å². The first kappa shape index (κ1) is 25.9. The van der Waals surface area contributed by atoms with Gasteiger partial charge in [0.1, 0.15) is 5.75 Å². The average molecular weight is 574 g/mol. The maximum atomic E-state index is 11.3. The van der Waals surface area contributed by atoms with Crippen molar-refractivity contribution in [3.8, 4) is 5.75 Å². The van der Waals surface area contributed by atoms with Crippen molar-refractivity contribution in [2.75, 3.05) is 44.6 Å². The fourth-order valence-electron chi connectivity index (χ4n) is 3.46. The number of hydrogen-bond donors (Lipinski definition) is 3. The smallest absolute Gasteiger partial charge is 0.411 e. The van der Waals surface area contributed by atoms with E-state index in [4.69, 9.17) is 16.3 Å². The monoisotopic (exact) mass is 573 g/mol. The molecule has 1 atom stereocenters. The van der Waals surface area contributed by atoms with E-state index in [2.05, 4.69) is 30.6 Å². The first-order valence-corrected chi connectivity index (χ1v) is 10.4. The number of aliphatic imine (C=N–C) groups is 1. The summed E-state index contributed by atoms with van der Waals surface area (Å²) < 4.78 is 10.1. The summed E-state index contributed by atoms with van der Waals surface area (Å²) in [4.78, 5) is 17.9. The minimum Gasteiger partial charge on any atom is -0.495 e. The number of guanidine groups is 1. The summed E-state index contributed by atoms with van der Waals surface area (Å²) in [5.74, 6) is 1.55. The number of nitrogens with zero attached hydrogens (tertiary/aromatic N) is 2. The molecule has 1 unspecified atom stereocenters. The van der Waals surface area contributed by atoms with E-state index in [1.165, 1.54) is 7.11 Å². The molecule has 3 rings (SSSR count). The van der Waals surface area contributed by atoms with E-state index >= 15 is 0 Å². The molecule has 10 heteroatoms. The fraction of sp³-hybridized carbons (Fsp3) is 0.364. The summed E-state index contributed by atoms with van der Waals surface area (Å²) >= 11 is 6.18. The van der Waals surface area contributed by atoms with Gasteiger partial charge < -0.3 is 25.0 Å². The van der Waals surface area contributed by atoms with Crippen molar-refractivity contribution in [3.05, 3.63) is 53.1 Å². The molecule has 1 aliphatic heterocycles. The van der Waals surface area contributed by atoms with Crippen LogP contribution in [0.1, 0.15) is 12.0 Å². The van der Waals surface area contributed by atoms with Gasteiger partial charge in [0, 0.05) is 43.4 Å². The lowest BCUT2D eigenvalue weighted by molar-refractivity contribution is 0.187.